The Morgan fingerprint density at radius 3 is 2.00 bits per heavy atom. The summed E-state index contributed by atoms with van der Waals surface area (Å²) < 4.78 is 10.9. The number of carbonyl (C=O) groups excluding carboxylic acids is 3. The van der Waals surface area contributed by atoms with Crippen molar-refractivity contribution in [3.8, 4) is 5.75 Å². The van der Waals surface area contributed by atoms with Gasteiger partial charge in [0.25, 0.3) is 0 Å². The second-order valence-electron chi connectivity index (χ2n) is 6.25. The van der Waals surface area contributed by atoms with Gasteiger partial charge in [-0.3, -0.25) is 19.4 Å². The first-order valence-electron chi connectivity index (χ1n) is 8.14. The number of nitrogens with zero attached hydrogens (tertiary/aromatic N) is 2. The van der Waals surface area contributed by atoms with E-state index in [0.29, 0.717) is 17.3 Å². The Hall–Kier alpha value is -3.09. The van der Waals surface area contributed by atoms with Gasteiger partial charge in [-0.25, -0.2) is 4.79 Å². The first-order chi connectivity index (χ1) is 12.3. The smallest absolute Gasteiger partial charge is 0.332 e. The van der Waals surface area contributed by atoms with E-state index in [0.717, 1.165) is 15.4 Å². The second kappa shape index (κ2) is 6.67. The second-order valence-corrected chi connectivity index (χ2v) is 6.25. The van der Waals surface area contributed by atoms with Crippen molar-refractivity contribution < 1.29 is 23.5 Å². The maximum absolute atomic E-state index is 12.8. The summed E-state index contributed by atoms with van der Waals surface area (Å²) >= 11 is 0. The molecule has 0 aliphatic carbocycles. The number of methoxy groups -OCH3 is 1. The predicted octanol–water partition coefficient (Wildman–Crippen LogP) is 2.40. The Labute approximate surface area is 151 Å². The molecule has 0 radical (unpaired) electrons. The summed E-state index contributed by atoms with van der Waals surface area (Å²) in [6, 6.07) is 9.99. The number of amides is 4. The zero-order valence-corrected chi connectivity index (χ0v) is 15.1. The van der Waals surface area contributed by atoms with Crippen LogP contribution in [-0.4, -0.2) is 48.9 Å². The van der Waals surface area contributed by atoms with Gasteiger partial charge in [0.15, 0.2) is 0 Å². The summed E-state index contributed by atoms with van der Waals surface area (Å²) in [6.07, 6.45) is 0. The molecule has 26 heavy (non-hydrogen) atoms. The topological polar surface area (TPSA) is 80.1 Å². The molecule has 2 aromatic rings. The average Bonchev–Trinajstić information content (AvgIpc) is 3.08. The SMILES string of the molecule is COc1ccc(C(c2ccc(C)o2)C2C(=O)N(C)C(=O)N(C)C2=O)cc1. The summed E-state index contributed by atoms with van der Waals surface area (Å²) in [7, 11) is 4.31. The Morgan fingerprint density at radius 1 is 0.962 bits per heavy atom. The monoisotopic (exact) mass is 356 g/mol. The number of rotatable bonds is 4. The van der Waals surface area contributed by atoms with E-state index in [2.05, 4.69) is 0 Å². The molecule has 0 N–H and O–H groups in total. The van der Waals surface area contributed by atoms with E-state index in [1.54, 1.807) is 50.4 Å². The van der Waals surface area contributed by atoms with Crippen LogP contribution in [0.2, 0.25) is 0 Å². The number of carbonyl (C=O) groups is 3. The molecule has 0 bridgehead atoms. The molecule has 1 fully saturated rings. The molecule has 1 aliphatic rings. The Balaban J connectivity index is 2.12. The van der Waals surface area contributed by atoms with Crippen molar-refractivity contribution in [3.05, 3.63) is 53.5 Å². The quantitative estimate of drug-likeness (QED) is 0.786. The number of barbiturate groups is 1. The molecule has 4 amide bonds. The fourth-order valence-electron chi connectivity index (χ4n) is 3.17. The molecule has 7 nitrogen and oxygen atoms in total. The highest BCUT2D eigenvalue weighted by Crippen LogP contribution is 2.37. The van der Waals surface area contributed by atoms with E-state index in [1.165, 1.54) is 14.1 Å². The van der Waals surface area contributed by atoms with Crippen LogP contribution in [0.15, 0.2) is 40.8 Å². The number of hydrogen-bond donors (Lipinski definition) is 0. The van der Waals surface area contributed by atoms with Crippen LogP contribution in [0.1, 0.15) is 23.0 Å². The highest BCUT2D eigenvalue weighted by Gasteiger charge is 2.48. The molecule has 0 spiro atoms. The van der Waals surface area contributed by atoms with Crippen molar-refractivity contribution >= 4 is 17.8 Å². The molecule has 1 aliphatic heterocycles. The van der Waals surface area contributed by atoms with E-state index in [4.69, 9.17) is 9.15 Å². The van der Waals surface area contributed by atoms with E-state index >= 15 is 0 Å². The lowest BCUT2D eigenvalue weighted by atomic mass is 9.81. The molecule has 2 heterocycles. The molecular weight excluding hydrogens is 336 g/mol. The van der Waals surface area contributed by atoms with Gasteiger partial charge in [0, 0.05) is 14.1 Å². The van der Waals surface area contributed by atoms with Crippen LogP contribution < -0.4 is 4.74 Å². The van der Waals surface area contributed by atoms with Crippen molar-refractivity contribution in [1.82, 2.24) is 9.80 Å². The Morgan fingerprint density at radius 2 is 1.54 bits per heavy atom. The van der Waals surface area contributed by atoms with Crippen molar-refractivity contribution in [3.63, 3.8) is 0 Å². The molecule has 1 atom stereocenters. The van der Waals surface area contributed by atoms with Gasteiger partial charge in [0.05, 0.1) is 13.0 Å². The van der Waals surface area contributed by atoms with Crippen LogP contribution in [0.4, 0.5) is 4.79 Å². The number of ether oxygens (including phenoxy) is 1. The number of furan rings is 1. The molecule has 1 unspecified atom stereocenters. The van der Waals surface area contributed by atoms with E-state index in [9.17, 15) is 14.4 Å². The third-order valence-corrected chi connectivity index (χ3v) is 4.64. The van der Waals surface area contributed by atoms with Gasteiger partial charge in [-0.2, -0.15) is 0 Å². The fraction of sp³-hybridized carbons (Fsp3) is 0.316. The number of hydrogen-bond acceptors (Lipinski definition) is 5. The van der Waals surface area contributed by atoms with Crippen LogP contribution in [0.5, 0.6) is 5.75 Å². The first-order valence-corrected chi connectivity index (χ1v) is 8.14. The van der Waals surface area contributed by atoms with E-state index < -0.39 is 29.7 Å². The minimum absolute atomic E-state index is 0.496. The van der Waals surface area contributed by atoms with Crippen LogP contribution in [0.3, 0.4) is 0 Å². The van der Waals surface area contributed by atoms with Gasteiger partial charge in [0.1, 0.15) is 23.2 Å². The lowest BCUT2D eigenvalue weighted by Gasteiger charge is -2.36. The van der Waals surface area contributed by atoms with Gasteiger partial charge >= 0.3 is 6.03 Å². The van der Waals surface area contributed by atoms with Gasteiger partial charge < -0.3 is 9.15 Å². The maximum Gasteiger partial charge on any atom is 0.332 e. The Bertz CT molecular complexity index is 831. The van der Waals surface area contributed by atoms with Crippen molar-refractivity contribution in [2.45, 2.75) is 12.8 Å². The number of aryl methyl sites for hydroxylation is 1. The third kappa shape index (κ3) is 2.85. The summed E-state index contributed by atoms with van der Waals surface area (Å²) in [5.74, 6) is -0.994. The molecule has 3 rings (SSSR count). The van der Waals surface area contributed by atoms with Crippen LogP contribution >= 0.6 is 0 Å². The molecule has 1 aromatic heterocycles. The molecular formula is C19H20N2O5. The number of imide groups is 2. The summed E-state index contributed by atoms with van der Waals surface area (Å²) in [5.41, 5.74) is 0.725. The minimum atomic E-state index is -1.08. The molecule has 1 saturated heterocycles. The van der Waals surface area contributed by atoms with Crippen molar-refractivity contribution in [2.24, 2.45) is 5.92 Å². The molecule has 0 saturated carbocycles. The first kappa shape index (κ1) is 17.7. The van der Waals surface area contributed by atoms with Gasteiger partial charge in [0.2, 0.25) is 11.8 Å². The predicted molar refractivity (Wildman–Crippen MR) is 92.7 cm³/mol. The van der Waals surface area contributed by atoms with Crippen LogP contribution in [0.25, 0.3) is 0 Å². The normalized spacial score (nSPS) is 17.0. The highest BCUT2D eigenvalue weighted by atomic mass is 16.5. The molecule has 136 valence electrons. The van der Waals surface area contributed by atoms with E-state index in [1.807, 2.05) is 0 Å². The van der Waals surface area contributed by atoms with Crippen molar-refractivity contribution in [1.29, 1.82) is 0 Å². The van der Waals surface area contributed by atoms with Crippen molar-refractivity contribution in [2.75, 3.05) is 21.2 Å². The average molecular weight is 356 g/mol. The summed E-state index contributed by atoms with van der Waals surface area (Å²) in [4.78, 5) is 39.6. The van der Waals surface area contributed by atoms with Gasteiger partial charge in [-0.1, -0.05) is 12.1 Å². The zero-order valence-electron chi connectivity index (χ0n) is 15.1. The zero-order chi connectivity index (χ0) is 19.0. The summed E-state index contributed by atoms with van der Waals surface area (Å²) in [6.45, 7) is 1.79. The lowest BCUT2D eigenvalue weighted by Crippen LogP contribution is -2.58. The van der Waals surface area contributed by atoms with E-state index in [-0.39, 0.29) is 0 Å². The standard InChI is InChI=1S/C19H20N2O5/c1-11-5-10-14(26-11)15(12-6-8-13(25-4)9-7-12)16-17(22)20(2)19(24)21(3)18(16)23/h5-10,15-16H,1-4H3. The number of urea groups is 1. The van der Waals surface area contributed by atoms with Gasteiger partial charge in [-0.05, 0) is 36.8 Å². The highest BCUT2D eigenvalue weighted by molar-refractivity contribution is 6.16. The van der Waals surface area contributed by atoms with Crippen LogP contribution in [-0.2, 0) is 9.59 Å². The third-order valence-electron chi connectivity index (χ3n) is 4.64. The number of benzene rings is 1. The molecule has 7 heteroatoms. The minimum Gasteiger partial charge on any atom is -0.497 e. The lowest BCUT2D eigenvalue weighted by molar-refractivity contribution is -0.148. The van der Waals surface area contributed by atoms with Crippen LogP contribution in [0, 0.1) is 12.8 Å². The Kier molecular flexibility index (Phi) is 4.54. The maximum atomic E-state index is 12.8. The summed E-state index contributed by atoms with van der Waals surface area (Å²) in [5, 5.41) is 0. The molecule has 1 aromatic carbocycles. The largest absolute Gasteiger partial charge is 0.497 e. The fourth-order valence-corrected chi connectivity index (χ4v) is 3.17. The van der Waals surface area contributed by atoms with Gasteiger partial charge in [-0.15, -0.1) is 0 Å².